The monoisotopic (exact) mass is 332 g/mol. The van der Waals surface area contributed by atoms with Crippen LogP contribution in [0.2, 0.25) is 0 Å². The SMILES string of the molecule is CC(C)(C)c1ccc(-c2nnc(-c3ccc(C#CCO)cc3)o2)cc1. The van der Waals surface area contributed by atoms with Gasteiger partial charge in [-0.15, -0.1) is 10.2 Å². The lowest BCUT2D eigenvalue weighted by molar-refractivity contribution is 0.350. The number of rotatable bonds is 2. The molecule has 3 rings (SSSR count). The number of hydrogen-bond donors (Lipinski definition) is 1. The van der Waals surface area contributed by atoms with Gasteiger partial charge in [0.05, 0.1) is 0 Å². The molecule has 1 aromatic heterocycles. The molecule has 0 spiro atoms. The Morgan fingerprint density at radius 3 is 1.88 bits per heavy atom. The van der Waals surface area contributed by atoms with Crippen LogP contribution in [0.1, 0.15) is 31.9 Å². The van der Waals surface area contributed by atoms with E-state index in [0.29, 0.717) is 11.8 Å². The maximum atomic E-state index is 8.73. The van der Waals surface area contributed by atoms with Gasteiger partial charge >= 0.3 is 0 Å². The van der Waals surface area contributed by atoms with Crippen molar-refractivity contribution in [1.29, 1.82) is 0 Å². The molecule has 1 N–H and O–H groups in total. The lowest BCUT2D eigenvalue weighted by Gasteiger charge is -2.18. The Bertz CT molecular complexity index is 906. The first kappa shape index (κ1) is 16.9. The van der Waals surface area contributed by atoms with Gasteiger partial charge in [0.1, 0.15) is 6.61 Å². The molecular weight excluding hydrogens is 312 g/mol. The predicted octanol–water partition coefficient (Wildman–Crippen LogP) is 4.04. The third-order valence-electron chi connectivity index (χ3n) is 3.87. The summed E-state index contributed by atoms with van der Waals surface area (Å²) in [4.78, 5) is 0. The zero-order valence-corrected chi connectivity index (χ0v) is 14.6. The van der Waals surface area contributed by atoms with Gasteiger partial charge in [-0.05, 0) is 47.4 Å². The lowest BCUT2D eigenvalue weighted by atomic mass is 9.87. The Morgan fingerprint density at radius 2 is 1.40 bits per heavy atom. The van der Waals surface area contributed by atoms with Gasteiger partial charge in [0.25, 0.3) is 0 Å². The van der Waals surface area contributed by atoms with Crippen LogP contribution in [0.25, 0.3) is 22.9 Å². The summed E-state index contributed by atoms with van der Waals surface area (Å²) >= 11 is 0. The van der Waals surface area contributed by atoms with Gasteiger partial charge < -0.3 is 9.52 Å². The zero-order valence-electron chi connectivity index (χ0n) is 14.6. The summed E-state index contributed by atoms with van der Waals surface area (Å²) in [6.07, 6.45) is 0. The van der Waals surface area contributed by atoms with E-state index in [1.807, 2.05) is 36.4 Å². The van der Waals surface area contributed by atoms with E-state index < -0.39 is 0 Å². The lowest BCUT2D eigenvalue weighted by Crippen LogP contribution is -2.10. The summed E-state index contributed by atoms with van der Waals surface area (Å²) in [5, 5.41) is 17.0. The Labute approximate surface area is 147 Å². The van der Waals surface area contributed by atoms with Crippen LogP contribution in [0.3, 0.4) is 0 Å². The van der Waals surface area contributed by atoms with Crippen molar-refractivity contribution in [1.82, 2.24) is 10.2 Å². The second-order valence-corrected chi connectivity index (χ2v) is 6.78. The first-order chi connectivity index (χ1) is 12.0. The highest BCUT2D eigenvalue weighted by Gasteiger charge is 2.15. The maximum absolute atomic E-state index is 8.73. The molecule has 0 aliphatic heterocycles. The van der Waals surface area contributed by atoms with Crippen molar-refractivity contribution in [3.05, 3.63) is 59.7 Å². The molecule has 0 bridgehead atoms. The maximum Gasteiger partial charge on any atom is 0.248 e. The van der Waals surface area contributed by atoms with Crippen LogP contribution in [0.5, 0.6) is 0 Å². The summed E-state index contributed by atoms with van der Waals surface area (Å²) in [5.41, 5.74) is 3.93. The Hall–Kier alpha value is -2.90. The van der Waals surface area contributed by atoms with Crippen molar-refractivity contribution in [3.63, 3.8) is 0 Å². The predicted molar refractivity (Wildman–Crippen MR) is 97.8 cm³/mol. The minimum absolute atomic E-state index is 0.110. The normalized spacial score (nSPS) is 11.0. The van der Waals surface area contributed by atoms with Crippen LogP contribution < -0.4 is 0 Å². The second-order valence-electron chi connectivity index (χ2n) is 6.78. The van der Waals surface area contributed by atoms with Crippen LogP contribution in [0.4, 0.5) is 0 Å². The molecule has 0 radical (unpaired) electrons. The average molecular weight is 332 g/mol. The Morgan fingerprint density at radius 1 is 0.880 bits per heavy atom. The highest BCUT2D eigenvalue weighted by molar-refractivity contribution is 5.59. The molecule has 25 heavy (non-hydrogen) atoms. The van der Waals surface area contributed by atoms with E-state index in [-0.39, 0.29) is 12.0 Å². The van der Waals surface area contributed by atoms with Crippen molar-refractivity contribution in [2.24, 2.45) is 0 Å². The fourth-order valence-corrected chi connectivity index (χ4v) is 2.41. The van der Waals surface area contributed by atoms with E-state index in [1.165, 1.54) is 5.56 Å². The van der Waals surface area contributed by atoms with E-state index in [9.17, 15) is 0 Å². The van der Waals surface area contributed by atoms with Crippen molar-refractivity contribution in [3.8, 4) is 34.7 Å². The largest absolute Gasteiger partial charge is 0.416 e. The number of aromatic nitrogens is 2. The number of benzene rings is 2. The second kappa shape index (κ2) is 6.92. The van der Waals surface area contributed by atoms with Gasteiger partial charge in [0, 0.05) is 16.7 Å². The van der Waals surface area contributed by atoms with Gasteiger partial charge in [-0.2, -0.15) is 0 Å². The van der Waals surface area contributed by atoms with Gasteiger partial charge in [0.2, 0.25) is 11.8 Å². The molecule has 0 aliphatic rings. The van der Waals surface area contributed by atoms with E-state index in [2.05, 4.69) is 54.9 Å². The summed E-state index contributed by atoms with van der Waals surface area (Å²) in [6, 6.07) is 15.7. The first-order valence-electron chi connectivity index (χ1n) is 8.12. The van der Waals surface area contributed by atoms with Crippen LogP contribution in [-0.2, 0) is 5.41 Å². The smallest absolute Gasteiger partial charge is 0.248 e. The van der Waals surface area contributed by atoms with Gasteiger partial charge in [-0.25, -0.2) is 0 Å². The quantitative estimate of drug-likeness (QED) is 0.719. The molecule has 126 valence electrons. The molecule has 4 heteroatoms. The fourth-order valence-electron chi connectivity index (χ4n) is 2.41. The fraction of sp³-hybridized carbons (Fsp3) is 0.238. The summed E-state index contributed by atoms with van der Waals surface area (Å²) in [7, 11) is 0. The van der Waals surface area contributed by atoms with E-state index in [1.54, 1.807) is 0 Å². The Balaban J connectivity index is 1.82. The van der Waals surface area contributed by atoms with Crippen LogP contribution >= 0.6 is 0 Å². The third kappa shape index (κ3) is 3.96. The summed E-state index contributed by atoms with van der Waals surface area (Å²) in [6.45, 7) is 6.40. The van der Waals surface area contributed by atoms with E-state index in [4.69, 9.17) is 9.52 Å². The molecule has 4 nitrogen and oxygen atoms in total. The van der Waals surface area contributed by atoms with Crippen molar-refractivity contribution >= 4 is 0 Å². The molecule has 0 fully saturated rings. The molecule has 0 aliphatic carbocycles. The summed E-state index contributed by atoms with van der Waals surface area (Å²) < 4.78 is 5.80. The molecule has 3 aromatic rings. The topological polar surface area (TPSA) is 59.2 Å². The molecule has 0 saturated heterocycles. The molecule has 0 unspecified atom stereocenters. The number of aliphatic hydroxyl groups excluding tert-OH is 1. The third-order valence-corrected chi connectivity index (χ3v) is 3.87. The number of hydrogen-bond acceptors (Lipinski definition) is 4. The van der Waals surface area contributed by atoms with Gasteiger partial charge in [-0.1, -0.05) is 44.7 Å². The van der Waals surface area contributed by atoms with Crippen molar-refractivity contribution < 1.29 is 9.52 Å². The van der Waals surface area contributed by atoms with E-state index in [0.717, 1.165) is 16.7 Å². The van der Waals surface area contributed by atoms with E-state index >= 15 is 0 Å². The minimum Gasteiger partial charge on any atom is -0.416 e. The highest BCUT2D eigenvalue weighted by Crippen LogP contribution is 2.27. The van der Waals surface area contributed by atoms with Crippen LogP contribution in [0, 0.1) is 11.8 Å². The molecule has 0 amide bonds. The first-order valence-corrected chi connectivity index (χ1v) is 8.12. The van der Waals surface area contributed by atoms with Crippen LogP contribution in [-0.4, -0.2) is 21.9 Å². The standard InChI is InChI=1S/C21H20N2O2/c1-21(2,3)18-12-10-17(11-13-18)20-23-22-19(25-20)16-8-6-15(7-9-16)5-4-14-24/h6-13,24H,14H2,1-3H3. The Kier molecular flexibility index (Phi) is 4.69. The van der Waals surface area contributed by atoms with Crippen molar-refractivity contribution in [2.45, 2.75) is 26.2 Å². The molecular formula is C21H20N2O2. The highest BCUT2D eigenvalue weighted by atomic mass is 16.4. The average Bonchev–Trinajstić information content (AvgIpc) is 3.10. The minimum atomic E-state index is -0.150. The van der Waals surface area contributed by atoms with Gasteiger partial charge in [-0.3, -0.25) is 0 Å². The van der Waals surface area contributed by atoms with Crippen molar-refractivity contribution in [2.75, 3.05) is 6.61 Å². The van der Waals surface area contributed by atoms with Crippen LogP contribution in [0.15, 0.2) is 52.9 Å². The molecule has 2 aromatic carbocycles. The molecule has 1 heterocycles. The van der Waals surface area contributed by atoms with Gasteiger partial charge in [0.15, 0.2) is 0 Å². The number of aliphatic hydroxyl groups is 1. The zero-order chi connectivity index (χ0) is 17.9. The summed E-state index contributed by atoms with van der Waals surface area (Å²) in [5.74, 6) is 6.44. The molecule has 0 atom stereocenters. The molecule has 0 saturated carbocycles. The number of nitrogens with zero attached hydrogens (tertiary/aromatic N) is 2.